The van der Waals surface area contributed by atoms with Gasteiger partial charge in [0.1, 0.15) is 5.76 Å². The third kappa shape index (κ3) is 5.50. The summed E-state index contributed by atoms with van der Waals surface area (Å²) in [5.41, 5.74) is 0. The SMILES string of the molecule is C=C(C)ON(C)C. The van der Waals surface area contributed by atoms with Crippen molar-refractivity contribution >= 4 is 0 Å². The zero-order valence-electron chi connectivity index (χ0n) is 5.06. The average Bonchev–Trinajstić information content (AvgIpc) is 1.27. The van der Waals surface area contributed by atoms with Crippen LogP contribution in [0.3, 0.4) is 0 Å². The van der Waals surface area contributed by atoms with E-state index in [1.165, 1.54) is 0 Å². The number of hydrogen-bond acceptors (Lipinski definition) is 2. The van der Waals surface area contributed by atoms with E-state index in [-0.39, 0.29) is 0 Å². The Labute approximate surface area is 44.3 Å². The summed E-state index contributed by atoms with van der Waals surface area (Å²) in [7, 11) is 3.63. The molecule has 0 aromatic heterocycles. The highest BCUT2D eigenvalue weighted by Gasteiger charge is 1.83. The van der Waals surface area contributed by atoms with Crippen molar-refractivity contribution in [3.05, 3.63) is 12.3 Å². The number of hydroxylamine groups is 2. The van der Waals surface area contributed by atoms with Gasteiger partial charge in [0.05, 0.1) is 0 Å². The van der Waals surface area contributed by atoms with Crippen LogP contribution < -0.4 is 0 Å². The molecule has 0 aliphatic heterocycles. The fourth-order valence-electron chi connectivity index (χ4n) is 0.312. The van der Waals surface area contributed by atoms with Crippen molar-refractivity contribution in [3.8, 4) is 0 Å². The van der Waals surface area contributed by atoms with E-state index in [0.29, 0.717) is 5.76 Å². The standard InChI is InChI=1S/C5H11NO/c1-5(2)7-6(3)4/h1H2,2-4H3. The zero-order valence-corrected chi connectivity index (χ0v) is 5.06. The molecule has 0 unspecified atom stereocenters. The van der Waals surface area contributed by atoms with Gasteiger partial charge >= 0.3 is 0 Å². The molecule has 0 aliphatic carbocycles. The summed E-state index contributed by atoms with van der Waals surface area (Å²) in [6, 6.07) is 0. The molecule has 0 aromatic carbocycles. The molecule has 0 saturated heterocycles. The summed E-state index contributed by atoms with van der Waals surface area (Å²) in [4.78, 5) is 4.89. The van der Waals surface area contributed by atoms with Gasteiger partial charge in [-0.3, -0.25) is 0 Å². The lowest BCUT2D eigenvalue weighted by Crippen LogP contribution is -2.09. The minimum Gasteiger partial charge on any atom is -0.412 e. The second kappa shape index (κ2) is 2.64. The van der Waals surface area contributed by atoms with Crippen LogP contribution in [0.1, 0.15) is 6.92 Å². The molecule has 0 atom stereocenters. The first-order valence-electron chi connectivity index (χ1n) is 2.13. The highest BCUT2D eigenvalue weighted by Crippen LogP contribution is 1.89. The van der Waals surface area contributed by atoms with Crippen molar-refractivity contribution in [2.75, 3.05) is 14.1 Å². The summed E-state index contributed by atoms with van der Waals surface area (Å²) in [6.45, 7) is 5.34. The molecule has 0 saturated carbocycles. The normalized spacial score (nSPS) is 9.14. The van der Waals surface area contributed by atoms with Gasteiger partial charge in [-0.25, -0.2) is 0 Å². The molecule has 0 aliphatic rings. The minimum atomic E-state index is 0.713. The third-order valence-electron chi connectivity index (χ3n) is 0.338. The van der Waals surface area contributed by atoms with Gasteiger partial charge in [-0.15, -0.1) is 0 Å². The zero-order chi connectivity index (χ0) is 5.86. The first-order chi connectivity index (χ1) is 3.13. The molecule has 0 spiro atoms. The molecule has 7 heavy (non-hydrogen) atoms. The van der Waals surface area contributed by atoms with Crippen LogP contribution in [0.15, 0.2) is 12.3 Å². The van der Waals surface area contributed by atoms with Gasteiger partial charge in [-0.05, 0) is 6.92 Å². The lowest BCUT2D eigenvalue weighted by Gasteiger charge is -2.09. The predicted molar refractivity (Wildman–Crippen MR) is 29.6 cm³/mol. The summed E-state index contributed by atoms with van der Waals surface area (Å²) in [5, 5.41) is 1.60. The summed E-state index contributed by atoms with van der Waals surface area (Å²) in [6.07, 6.45) is 0. The molecule has 0 fully saturated rings. The largest absolute Gasteiger partial charge is 0.412 e. The quantitative estimate of drug-likeness (QED) is 0.380. The van der Waals surface area contributed by atoms with Gasteiger partial charge in [0.2, 0.25) is 0 Å². The number of nitrogens with zero attached hydrogens (tertiary/aromatic N) is 1. The summed E-state index contributed by atoms with van der Waals surface area (Å²) in [5.74, 6) is 0.713. The lowest BCUT2D eigenvalue weighted by molar-refractivity contribution is -0.0718. The van der Waals surface area contributed by atoms with E-state index in [1.807, 2.05) is 14.1 Å². The van der Waals surface area contributed by atoms with E-state index in [1.54, 1.807) is 12.0 Å². The van der Waals surface area contributed by atoms with E-state index < -0.39 is 0 Å². The van der Waals surface area contributed by atoms with Gasteiger partial charge in [0, 0.05) is 14.1 Å². The van der Waals surface area contributed by atoms with E-state index in [0.717, 1.165) is 0 Å². The fourth-order valence-corrected chi connectivity index (χ4v) is 0.312. The maximum atomic E-state index is 4.89. The van der Waals surface area contributed by atoms with Crippen molar-refractivity contribution < 1.29 is 4.84 Å². The Kier molecular flexibility index (Phi) is 2.45. The topological polar surface area (TPSA) is 12.5 Å². The molecule has 2 nitrogen and oxygen atoms in total. The maximum Gasteiger partial charge on any atom is 0.114 e. The highest BCUT2D eigenvalue weighted by atomic mass is 16.7. The van der Waals surface area contributed by atoms with Gasteiger partial charge in [-0.2, -0.15) is 5.06 Å². The van der Waals surface area contributed by atoms with Crippen molar-refractivity contribution in [1.82, 2.24) is 5.06 Å². The van der Waals surface area contributed by atoms with Crippen molar-refractivity contribution in [2.45, 2.75) is 6.92 Å². The average molecular weight is 101 g/mol. The van der Waals surface area contributed by atoms with Crippen LogP contribution in [-0.2, 0) is 4.84 Å². The fraction of sp³-hybridized carbons (Fsp3) is 0.600. The monoisotopic (exact) mass is 101 g/mol. The second-order valence-electron chi connectivity index (χ2n) is 1.61. The van der Waals surface area contributed by atoms with Crippen LogP contribution in [0, 0.1) is 0 Å². The molecule has 0 rings (SSSR count). The second-order valence-corrected chi connectivity index (χ2v) is 1.61. The molecule has 0 heterocycles. The van der Waals surface area contributed by atoms with Crippen LogP contribution in [0.2, 0.25) is 0 Å². The lowest BCUT2D eigenvalue weighted by atomic mass is 10.7. The van der Waals surface area contributed by atoms with E-state index >= 15 is 0 Å². The molecule has 0 radical (unpaired) electrons. The van der Waals surface area contributed by atoms with Gasteiger partial charge in [0.15, 0.2) is 0 Å². The molecule has 0 aromatic rings. The highest BCUT2D eigenvalue weighted by molar-refractivity contribution is 4.71. The Hall–Kier alpha value is -0.500. The van der Waals surface area contributed by atoms with E-state index in [2.05, 4.69) is 6.58 Å². The van der Waals surface area contributed by atoms with Crippen LogP contribution in [-0.4, -0.2) is 19.2 Å². The third-order valence-corrected chi connectivity index (χ3v) is 0.338. The van der Waals surface area contributed by atoms with Gasteiger partial charge in [-0.1, -0.05) is 6.58 Å². The molecular weight excluding hydrogens is 90.1 g/mol. The summed E-state index contributed by atoms with van der Waals surface area (Å²) >= 11 is 0. The molecule has 0 bridgehead atoms. The Morgan fingerprint density at radius 1 is 1.57 bits per heavy atom. The van der Waals surface area contributed by atoms with Crippen LogP contribution in [0.25, 0.3) is 0 Å². The van der Waals surface area contributed by atoms with Gasteiger partial charge in [0.25, 0.3) is 0 Å². The molecule has 42 valence electrons. The smallest absolute Gasteiger partial charge is 0.114 e. The Balaban J connectivity index is 3.13. The Morgan fingerprint density at radius 2 is 2.00 bits per heavy atom. The van der Waals surface area contributed by atoms with Crippen LogP contribution >= 0.6 is 0 Å². The Morgan fingerprint density at radius 3 is 2.00 bits per heavy atom. The van der Waals surface area contributed by atoms with Crippen molar-refractivity contribution in [3.63, 3.8) is 0 Å². The number of allylic oxidation sites excluding steroid dienone is 1. The van der Waals surface area contributed by atoms with Crippen molar-refractivity contribution in [2.24, 2.45) is 0 Å². The minimum absolute atomic E-state index is 0.713. The first-order valence-corrected chi connectivity index (χ1v) is 2.13. The maximum absolute atomic E-state index is 4.89. The predicted octanol–water partition coefficient (Wildman–Crippen LogP) is 1.01. The van der Waals surface area contributed by atoms with Gasteiger partial charge < -0.3 is 4.84 Å². The van der Waals surface area contributed by atoms with E-state index in [9.17, 15) is 0 Å². The molecule has 2 heteroatoms. The van der Waals surface area contributed by atoms with Crippen molar-refractivity contribution in [1.29, 1.82) is 0 Å². The van der Waals surface area contributed by atoms with E-state index in [4.69, 9.17) is 4.84 Å². The number of hydrogen-bond donors (Lipinski definition) is 0. The Bertz CT molecular complexity index is 68.5. The molecule has 0 amide bonds. The number of rotatable bonds is 2. The molecule has 0 N–H and O–H groups in total. The van der Waals surface area contributed by atoms with Crippen LogP contribution in [0.5, 0.6) is 0 Å². The summed E-state index contributed by atoms with van der Waals surface area (Å²) < 4.78 is 0. The first kappa shape index (κ1) is 6.50. The van der Waals surface area contributed by atoms with Crippen LogP contribution in [0.4, 0.5) is 0 Å². The molecular formula is C5H11NO.